The van der Waals surface area contributed by atoms with E-state index in [-0.39, 0.29) is 18.3 Å². The van der Waals surface area contributed by atoms with Crippen LogP contribution in [-0.4, -0.2) is 51.2 Å². The number of hydrogen-bond donors (Lipinski definition) is 2. The monoisotopic (exact) mass is 513 g/mol. The Bertz CT molecular complexity index is 1400. The van der Waals surface area contributed by atoms with Crippen LogP contribution in [0.3, 0.4) is 0 Å². The highest BCUT2D eigenvalue weighted by Crippen LogP contribution is 2.37. The molecule has 6 nitrogen and oxygen atoms in total. The SMILES string of the molecule is C=C1C=C(C(=O)N2CCC(O)(CO)C2)C=CN1/C(C#N)=C(\CCC)c1ccccc1-c1ccc(C)cc1F. The molecule has 2 aromatic rings. The molecule has 196 valence electrons. The van der Waals surface area contributed by atoms with Crippen molar-refractivity contribution in [3.8, 4) is 17.2 Å². The Morgan fingerprint density at radius 2 is 2.00 bits per heavy atom. The average Bonchev–Trinajstić information content (AvgIpc) is 3.31. The van der Waals surface area contributed by atoms with E-state index >= 15 is 0 Å². The van der Waals surface area contributed by atoms with Gasteiger partial charge in [-0.05, 0) is 60.2 Å². The molecular weight excluding hydrogens is 481 g/mol. The van der Waals surface area contributed by atoms with Crippen LogP contribution < -0.4 is 0 Å². The Morgan fingerprint density at radius 3 is 2.63 bits per heavy atom. The van der Waals surface area contributed by atoms with Crippen molar-refractivity contribution in [3.63, 3.8) is 0 Å². The van der Waals surface area contributed by atoms with Gasteiger partial charge in [0, 0.05) is 29.6 Å². The van der Waals surface area contributed by atoms with Gasteiger partial charge < -0.3 is 20.0 Å². The Kier molecular flexibility index (Phi) is 7.96. The zero-order valence-electron chi connectivity index (χ0n) is 21.7. The number of carbonyl (C=O) groups is 1. The van der Waals surface area contributed by atoms with E-state index in [9.17, 15) is 24.7 Å². The van der Waals surface area contributed by atoms with E-state index in [2.05, 4.69) is 12.6 Å². The molecule has 0 spiro atoms. The molecule has 2 heterocycles. The highest BCUT2D eigenvalue weighted by atomic mass is 19.1. The lowest BCUT2D eigenvalue weighted by Gasteiger charge is -2.28. The summed E-state index contributed by atoms with van der Waals surface area (Å²) >= 11 is 0. The first kappa shape index (κ1) is 27.1. The standard InChI is InChI=1S/C31H32FN3O3/c1-4-7-27(25-9-6-5-8-24(25)26-11-10-21(2)16-28(26)32)29(18-33)35-14-12-23(17-22(35)3)30(37)34-15-13-31(38,19-34)20-36/h5-6,8-12,14,16-17,36,38H,3-4,7,13,15,19-20H2,1-2H3/b29-27+. The number of nitriles is 1. The van der Waals surface area contributed by atoms with Crippen molar-refractivity contribution in [1.29, 1.82) is 5.26 Å². The molecule has 1 saturated heterocycles. The van der Waals surface area contributed by atoms with Crippen LogP contribution in [0.5, 0.6) is 0 Å². The summed E-state index contributed by atoms with van der Waals surface area (Å²) in [7, 11) is 0. The average molecular weight is 514 g/mol. The topological polar surface area (TPSA) is 87.8 Å². The number of β-amino-alcohol motifs (C(OH)–C–C–N with tert-alkyl or cyclic N) is 1. The fraction of sp³-hybridized carbons (Fsp3) is 0.290. The summed E-state index contributed by atoms with van der Waals surface area (Å²) in [4.78, 5) is 16.2. The zero-order valence-corrected chi connectivity index (χ0v) is 21.7. The summed E-state index contributed by atoms with van der Waals surface area (Å²) in [6.45, 7) is 7.95. The fourth-order valence-corrected chi connectivity index (χ4v) is 4.96. The number of aliphatic hydroxyl groups is 2. The van der Waals surface area contributed by atoms with E-state index in [1.807, 2.05) is 44.2 Å². The van der Waals surface area contributed by atoms with Crippen molar-refractivity contribution in [1.82, 2.24) is 9.80 Å². The van der Waals surface area contributed by atoms with E-state index in [0.717, 1.165) is 23.1 Å². The number of allylic oxidation sites excluding steroid dienone is 3. The van der Waals surface area contributed by atoms with Gasteiger partial charge in [-0.1, -0.05) is 56.3 Å². The Morgan fingerprint density at radius 1 is 1.24 bits per heavy atom. The molecule has 4 rings (SSSR count). The molecule has 2 aliphatic heterocycles. The summed E-state index contributed by atoms with van der Waals surface area (Å²) in [6.07, 6.45) is 6.53. The van der Waals surface area contributed by atoms with E-state index in [4.69, 9.17) is 0 Å². The highest BCUT2D eigenvalue weighted by Gasteiger charge is 2.38. The maximum atomic E-state index is 15.0. The number of hydrogen-bond acceptors (Lipinski definition) is 5. The lowest BCUT2D eigenvalue weighted by Crippen LogP contribution is -2.39. The number of amides is 1. The maximum Gasteiger partial charge on any atom is 0.254 e. The van der Waals surface area contributed by atoms with Crippen LogP contribution in [0.25, 0.3) is 16.7 Å². The highest BCUT2D eigenvalue weighted by molar-refractivity contribution is 5.97. The number of aryl methyl sites for hydroxylation is 1. The van der Waals surface area contributed by atoms with E-state index < -0.39 is 12.2 Å². The van der Waals surface area contributed by atoms with Gasteiger partial charge in [-0.25, -0.2) is 4.39 Å². The quantitative estimate of drug-likeness (QED) is 0.506. The largest absolute Gasteiger partial charge is 0.393 e. The molecule has 0 saturated carbocycles. The number of nitrogens with zero attached hydrogens (tertiary/aromatic N) is 3. The van der Waals surface area contributed by atoms with Crippen molar-refractivity contribution in [2.75, 3.05) is 19.7 Å². The minimum absolute atomic E-state index is 0.0556. The van der Waals surface area contributed by atoms with E-state index in [1.165, 1.54) is 11.0 Å². The molecule has 1 fully saturated rings. The molecule has 1 unspecified atom stereocenters. The third-order valence-corrected chi connectivity index (χ3v) is 7.00. The van der Waals surface area contributed by atoms with Gasteiger partial charge in [-0.2, -0.15) is 5.26 Å². The first-order valence-corrected chi connectivity index (χ1v) is 12.7. The minimum Gasteiger partial charge on any atom is -0.393 e. The van der Waals surface area contributed by atoms with Gasteiger partial charge >= 0.3 is 0 Å². The van der Waals surface area contributed by atoms with Crippen LogP contribution in [0.2, 0.25) is 0 Å². The number of halogens is 1. The molecule has 2 aromatic carbocycles. The van der Waals surface area contributed by atoms with Gasteiger partial charge in [-0.3, -0.25) is 4.79 Å². The molecule has 0 aromatic heterocycles. The normalized spacial score (nSPS) is 19.8. The van der Waals surface area contributed by atoms with Crippen LogP contribution in [0.4, 0.5) is 4.39 Å². The molecule has 0 radical (unpaired) electrons. The number of likely N-dealkylation sites (tertiary alicyclic amines) is 1. The van der Waals surface area contributed by atoms with Crippen molar-refractivity contribution in [2.45, 2.75) is 38.7 Å². The summed E-state index contributed by atoms with van der Waals surface area (Å²) in [5.74, 6) is -0.599. The van der Waals surface area contributed by atoms with Crippen LogP contribution in [-0.2, 0) is 4.79 Å². The lowest BCUT2D eigenvalue weighted by molar-refractivity contribution is -0.127. The fourth-order valence-electron chi connectivity index (χ4n) is 4.96. The Hall–Kier alpha value is -3.99. The smallest absolute Gasteiger partial charge is 0.254 e. The van der Waals surface area contributed by atoms with Gasteiger partial charge in [0.1, 0.15) is 23.2 Å². The second-order valence-electron chi connectivity index (χ2n) is 9.85. The molecule has 2 aliphatic rings. The van der Waals surface area contributed by atoms with Gasteiger partial charge in [0.15, 0.2) is 0 Å². The molecular formula is C31H32FN3O3. The van der Waals surface area contributed by atoms with Crippen molar-refractivity contribution in [3.05, 3.63) is 101 Å². The molecule has 0 bridgehead atoms. The first-order chi connectivity index (χ1) is 18.2. The molecule has 2 N–H and O–H groups in total. The second kappa shape index (κ2) is 11.2. The predicted molar refractivity (Wildman–Crippen MR) is 145 cm³/mol. The first-order valence-electron chi connectivity index (χ1n) is 12.7. The minimum atomic E-state index is -1.28. The number of carbonyl (C=O) groups excluding carboxylic acids is 1. The van der Waals surface area contributed by atoms with Gasteiger partial charge in [0.25, 0.3) is 5.91 Å². The second-order valence-corrected chi connectivity index (χ2v) is 9.85. The third kappa shape index (κ3) is 5.33. The third-order valence-electron chi connectivity index (χ3n) is 7.00. The Labute approximate surface area is 222 Å². The van der Waals surface area contributed by atoms with Crippen molar-refractivity contribution >= 4 is 11.5 Å². The lowest BCUT2D eigenvalue weighted by atomic mass is 9.90. The van der Waals surface area contributed by atoms with Gasteiger partial charge in [0.2, 0.25) is 0 Å². The predicted octanol–water partition coefficient (Wildman–Crippen LogP) is 5.06. The molecule has 38 heavy (non-hydrogen) atoms. The Balaban J connectivity index is 1.71. The summed E-state index contributed by atoms with van der Waals surface area (Å²) in [5.41, 5.74) is 3.40. The van der Waals surface area contributed by atoms with E-state index in [0.29, 0.717) is 47.5 Å². The summed E-state index contributed by atoms with van der Waals surface area (Å²) in [5, 5.41) is 30.0. The molecule has 1 atom stereocenters. The summed E-state index contributed by atoms with van der Waals surface area (Å²) < 4.78 is 15.0. The van der Waals surface area contributed by atoms with Crippen LogP contribution in [0.15, 0.2) is 84.4 Å². The number of aliphatic hydroxyl groups excluding tert-OH is 1. The van der Waals surface area contributed by atoms with Crippen LogP contribution in [0.1, 0.15) is 37.3 Å². The van der Waals surface area contributed by atoms with Crippen molar-refractivity contribution in [2.24, 2.45) is 0 Å². The zero-order chi connectivity index (χ0) is 27.4. The van der Waals surface area contributed by atoms with E-state index in [1.54, 1.807) is 29.3 Å². The maximum absolute atomic E-state index is 15.0. The summed E-state index contributed by atoms with van der Waals surface area (Å²) in [6, 6.07) is 14.9. The van der Waals surface area contributed by atoms with Crippen LogP contribution >= 0.6 is 0 Å². The molecule has 7 heteroatoms. The number of benzene rings is 2. The van der Waals surface area contributed by atoms with Crippen LogP contribution in [0, 0.1) is 24.1 Å². The molecule has 0 aliphatic carbocycles. The van der Waals surface area contributed by atoms with Gasteiger partial charge in [-0.15, -0.1) is 0 Å². The van der Waals surface area contributed by atoms with Crippen molar-refractivity contribution < 1.29 is 19.4 Å². The molecule has 1 amide bonds. The van der Waals surface area contributed by atoms with Gasteiger partial charge in [0.05, 0.1) is 13.2 Å². The number of rotatable bonds is 7.